The number of likely N-dealkylation sites (N-methyl/N-ethyl adjacent to an activating group) is 1. The van der Waals surface area contributed by atoms with Crippen LogP contribution in [0, 0.1) is 0 Å². The van der Waals surface area contributed by atoms with Crippen LogP contribution in [0.5, 0.6) is 0 Å². The minimum Gasteiger partial charge on any atom is -0.313 e. The molecule has 0 radical (unpaired) electrons. The van der Waals surface area contributed by atoms with Crippen LogP contribution in [0.1, 0.15) is 17.3 Å². The number of pyridine rings is 1. The molecule has 21 heavy (non-hydrogen) atoms. The maximum Gasteiger partial charge on any atom is 0.0705 e. The number of fused-ring (bicyclic) bond motifs is 1. The molecule has 1 aromatic heterocycles. The third kappa shape index (κ3) is 3.14. The van der Waals surface area contributed by atoms with Gasteiger partial charge < -0.3 is 5.32 Å². The van der Waals surface area contributed by atoms with Crippen LogP contribution < -0.4 is 5.32 Å². The Balaban J connectivity index is 1.90. The summed E-state index contributed by atoms with van der Waals surface area (Å²) < 4.78 is 1.13. The van der Waals surface area contributed by atoms with Gasteiger partial charge in [-0.05, 0) is 30.8 Å². The Morgan fingerprint density at radius 1 is 1.00 bits per heavy atom. The molecule has 2 aromatic carbocycles. The van der Waals surface area contributed by atoms with Crippen molar-refractivity contribution in [2.24, 2.45) is 0 Å². The molecule has 2 nitrogen and oxygen atoms in total. The molecule has 1 heterocycles. The van der Waals surface area contributed by atoms with E-state index in [1.165, 1.54) is 10.9 Å². The summed E-state index contributed by atoms with van der Waals surface area (Å²) in [6, 6.07) is 21.1. The van der Waals surface area contributed by atoms with Gasteiger partial charge in [0, 0.05) is 28.0 Å². The topological polar surface area (TPSA) is 24.9 Å². The maximum atomic E-state index is 4.76. The SMILES string of the molecule is CNC(Cc1ccc2ccccc2n1)c1ccccc1Br. The molecule has 3 rings (SSSR count). The molecular formula is C18H17BrN2. The number of benzene rings is 2. The van der Waals surface area contributed by atoms with Gasteiger partial charge in [0.25, 0.3) is 0 Å². The molecule has 0 spiro atoms. The number of nitrogens with zero attached hydrogens (tertiary/aromatic N) is 1. The number of para-hydroxylation sites is 1. The number of nitrogens with one attached hydrogen (secondary N) is 1. The van der Waals surface area contributed by atoms with E-state index in [1.807, 2.05) is 25.2 Å². The van der Waals surface area contributed by atoms with Crippen molar-refractivity contribution in [1.82, 2.24) is 10.3 Å². The first-order chi connectivity index (χ1) is 10.3. The van der Waals surface area contributed by atoms with Gasteiger partial charge in [0.05, 0.1) is 5.52 Å². The maximum absolute atomic E-state index is 4.76. The lowest BCUT2D eigenvalue weighted by atomic mass is 10.0. The van der Waals surface area contributed by atoms with Crippen molar-refractivity contribution in [1.29, 1.82) is 0 Å². The quantitative estimate of drug-likeness (QED) is 0.756. The summed E-state index contributed by atoms with van der Waals surface area (Å²) >= 11 is 3.63. The number of halogens is 1. The van der Waals surface area contributed by atoms with Crippen LogP contribution in [0.4, 0.5) is 0 Å². The van der Waals surface area contributed by atoms with Gasteiger partial charge in [0.2, 0.25) is 0 Å². The standard InChI is InChI=1S/C18H17BrN2/c1-20-18(15-7-3-4-8-16(15)19)12-14-11-10-13-6-2-5-9-17(13)21-14/h2-11,18,20H,12H2,1H3. The third-order valence-electron chi connectivity index (χ3n) is 3.70. The lowest BCUT2D eigenvalue weighted by molar-refractivity contribution is 0.583. The number of hydrogen-bond donors (Lipinski definition) is 1. The largest absolute Gasteiger partial charge is 0.313 e. The predicted molar refractivity (Wildman–Crippen MR) is 91.4 cm³/mol. The Kier molecular flexibility index (Phi) is 4.32. The number of hydrogen-bond acceptors (Lipinski definition) is 2. The molecule has 0 aliphatic rings. The van der Waals surface area contributed by atoms with Crippen LogP contribution in [0.15, 0.2) is 65.1 Å². The number of aromatic nitrogens is 1. The van der Waals surface area contributed by atoms with E-state index >= 15 is 0 Å². The Bertz CT molecular complexity index is 755. The van der Waals surface area contributed by atoms with Crippen molar-refractivity contribution in [2.45, 2.75) is 12.5 Å². The van der Waals surface area contributed by atoms with Crippen molar-refractivity contribution in [3.63, 3.8) is 0 Å². The van der Waals surface area contributed by atoms with E-state index in [4.69, 9.17) is 4.98 Å². The molecule has 1 unspecified atom stereocenters. The first-order valence-corrected chi connectivity index (χ1v) is 7.83. The number of rotatable bonds is 4. The predicted octanol–water partition coefficient (Wildman–Crippen LogP) is 4.50. The summed E-state index contributed by atoms with van der Waals surface area (Å²) in [6.45, 7) is 0. The summed E-state index contributed by atoms with van der Waals surface area (Å²) in [4.78, 5) is 4.76. The van der Waals surface area contributed by atoms with Crippen LogP contribution in [-0.2, 0) is 6.42 Å². The summed E-state index contributed by atoms with van der Waals surface area (Å²) in [5, 5.41) is 4.57. The highest BCUT2D eigenvalue weighted by atomic mass is 79.9. The molecule has 1 atom stereocenters. The van der Waals surface area contributed by atoms with Crippen LogP contribution in [0.3, 0.4) is 0 Å². The van der Waals surface area contributed by atoms with Gasteiger partial charge >= 0.3 is 0 Å². The summed E-state index contributed by atoms with van der Waals surface area (Å²) in [5.41, 5.74) is 3.41. The fourth-order valence-corrected chi connectivity index (χ4v) is 3.12. The van der Waals surface area contributed by atoms with Gasteiger partial charge in [-0.3, -0.25) is 4.98 Å². The second-order valence-electron chi connectivity index (χ2n) is 5.06. The van der Waals surface area contributed by atoms with E-state index in [9.17, 15) is 0 Å². The molecule has 3 heteroatoms. The molecular weight excluding hydrogens is 324 g/mol. The van der Waals surface area contributed by atoms with Crippen molar-refractivity contribution in [3.8, 4) is 0 Å². The van der Waals surface area contributed by atoms with E-state index in [2.05, 4.69) is 63.7 Å². The zero-order valence-electron chi connectivity index (χ0n) is 11.9. The third-order valence-corrected chi connectivity index (χ3v) is 4.42. The highest BCUT2D eigenvalue weighted by molar-refractivity contribution is 9.10. The Morgan fingerprint density at radius 3 is 2.57 bits per heavy atom. The van der Waals surface area contributed by atoms with Gasteiger partial charge in [-0.15, -0.1) is 0 Å². The minimum atomic E-state index is 0.245. The van der Waals surface area contributed by atoms with Crippen LogP contribution >= 0.6 is 15.9 Å². The van der Waals surface area contributed by atoms with E-state index in [0.717, 1.165) is 22.1 Å². The van der Waals surface area contributed by atoms with Crippen LogP contribution in [-0.4, -0.2) is 12.0 Å². The second-order valence-corrected chi connectivity index (χ2v) is 5.92. The van der Waals surface area contributed by atoms with Crippen LogP contribution in [0.25, 0.3) is 10.9 Å². The average Bonchev–Trinajstić information content (AvgIpc) is 2.53. The monoisotopic (exact) mass is 340 g/mol. The summed E-state index contributed by atoms with van der Waals surface area (Å²) in [6.07, 6.45) is 0.865. The smallest absolute Gasteiger partial charge is 0.0705 e. The zero-order valence-corrected chi connectivity index (χ0v) is 13.5. The van der Waals surface area contributed by atoms with E-state index in [1.54, 1.807) is 0 Å². The highest BCUT2D eigenvalue weighted by Gasteiger charge is 2.13. The normalized spacial score (nSPS) is 12.5. The van der Waals surface area contributed by atoms with Crippen molar-refractivity contribution < 1.29 is 0 Å². The molecule has 3 aromatic rings. The highest BCUT2D eigenvalue weighted by Crippen LogP contribution is 2.25. The molecule has 0 bridgehead atoms. The Labute approximate surface area is 133 Å². The van der Waals surface area contributed by atoms with Crippen molar-refractivity contribution in [3.05, 3.63) is 76.4 Å². The lowest BCUT2D eigenvalue weighted by Crippen LogP contribution is -2.19. The average molecular weight is 341 g/mol. The molecule has 0 aliphatic carbocycles. The Hall–Kier alpha value is -1.71. The summed E-state index contributed by atoms with van der Waals surface area (Å²) in [7, 11) is 1.99. The first-order valence-electron chi connectivity index (χ1n) is 7.04. The van der Waals surface area contributed by atoms with Gasteiger partial charge in [-0.25, -0.2) is 0 Å². The van der Waals surface area contributed by atoms with Crippen molar-refractivity contribution in [2.75, 3.05) is 7.05 Å². The minimum absolute atomic E-state index is 0.245. The van der Waals surface area contributed by atoms with Crippen LogP contribution in [0.2, 0.25) is 0 Å². The zero-order chi connectivity index (χ0) is 14.7. The second kappa shape index (κ2) is 6.37. The molecule has 0 fully saturated rings. The van der Waals surface area contributed by atoms with E-state index < -0.39 is 0 Å². The molecule has 106 valence electrons. The van der Waals surface area contributed by atoms with Gasteiger partial charge in [-0.1, -0.05) is 58.4 Å². The van der Waals surface area contributed by atoms with E-state index in [0.29, 0.717) is 0 Å². The van der Waals surface area contributed by atoms with E-state index in [-0.39, 0.29) is 6.04 Å². The molecule has 1 N–H and O–H groups in total. The summed E-state index contributed by atoms with van der Waals surface area (Å²) in [5.74, 6) is 0. The van der Waals surface area contributed by atoms with Gasteiger partial charge in [0.1, 0.15) is 0 Å². The van der Waals surface area contributed by atoms with Crippen molar-refractivity contribution >= 4 is 26.8 Å². The molecule has 0 amide bonds. The molecule has 0 saturated heterocycles. The van der Waals surface area contributed by atoms with Gasteiger partial charge in [0.15, 0.2) is 0 Å². The molecule has 0 aliphatic heterocycles. The first kappa shape index (κ1) is 14.2. The fourth-order valence-electron chi connectivity index (χ4n) is 2.56. The lowest BCUT2D eigenvalue weighted by Gasteiger charge is -2.18. The molecule has 0 saturated carbocycles. The Morgan fingerprint density at radius 2 is 1.76 bits per heavy atom. The van der Waals surface area contributed by atoms with Gasteiger partial charge in [-0.2, -0.15) is 0 Å². The fraction of sp³-hybridized carbons (Fsp3) is 0.167.